The Hall–Kier alpha value is -4.02. The number of likely N-dealkylation sites (tertiary alicyclic amines) is 1. The highest BCUT2D eigenvalue weighted by Crippen LogP contribution is 2.22. The molecule has 40 heavy (non-hydrogen) atoms. The van der Waals surface area contributed by atoms with E-state index in [-0.39, 0.29) is 42.7 Å². The average molecular weight is 555 g/mol. The molecule has 0 saturated carbocycles. The first-order valence-electron chi connectivity index (χ1n) is 13.6. The summed E-state index contributed by atoms with van der Waals surface area (Å²) < 4.78 is 27.1. The van der Waals surface area contributed by atoms with E-state index in [2.05, 4.69) is 18.8 Å². The van der Waals surface area contributed by atoms with E-state index in [1.807, 2.05) is 11.8 Å². The molecule has 1 aliphatic rings. The van der Waals surface area contributed by atoms with Crippen molar-refractivity contribution in [2.24, 2.45) is 11.8 Å². The average Bonchev–Trinajstić information content (AvgIpc) is 3.32. The molecule has 1 aliphatic heterocycles. The lowest BCUT2D eigenvalue weighted by Gasteiger charge is -2.35. The molecule has 0 spiro atoms. The molecule has 0 N–H and O–H groups in total. The van der Waals surface area contributed by atoms with Gasteiger partial charge in [-0.25, -0.2) is 18.6 Å². The van der Waals surface area contributed by atoms with Gasteiger partial charge in [0.2, 0.25) is 17.4 Å². The number of fused-ring (bicyclic) bond motifs is 1. The predicted molar refractivity (Wildman–Crippen MR) is 145 cm³/mol. The third-order valence-corrected chi connectivity index (χ3v) is 6.93. The first-order valence-corrected chi connectivity index (χ1v) is 13.6. The highest BCUT2D eigenvalue weighted by atomic mass is 19.1. The highest BCUT2D eigenvalue weighted by molar-refractivity contribution is 5.91. The number of benzene rings is 1. The van der Waals surface area contributed by atoms with Crippen LogP contribution >= 0.6 is 0 Å². The molecule has 3 aromatic rings. The van der Waals surface area contributed by atoms with Crippen LogP contribution in [0.1, 0.15) is 56.1 Å². The SMILES string of the molecule is CCCCOc1c(C(=O)OC(C=O)Cc2ccc(F)cc2)nc2n(CC(=O)N3C[C@H](C)C[C@@H](C)C3)ccn2c1=O. The second kappa shape index (κ2) is 12.9. The van der Waals surface area contributed by atoms with Crippen molar-refractivity contribution in [2.45, 2.75) is 59.1 Å². The zero-order valence-corrected chi connectivity index (χ0v) is 23.0. The molecular formula is C29H35FN4O6. The topological polar surface area (TPSA) is 112 Å². The van der Waals surface area contributed by atoms with Crippen molar-refractivity contribution in [3.63, 3.8) is 0 Å². The standard InChI is InChI=1S/C29H35FN4O6/c1-4-5-12-39-26-25(28(38)40-23(18-35)14-21-6-8-22(30)9-7-21)31-29-32(10-11-34(29)27(26)37)17-24(36)33-15-19(2)13-20(3)16-33/h6-11,18-20,23H,4-5,12-17H2,1-3H3/t19-,20-,23?/m1/s1. The summed E-state index contributed by atoms with van der Waals surface area (Å²) in [6.45, 7) is 7.61. The predicted octanol–water partition coefficient (Wildman–Crippen LogP) is 3.29. The number of piperidine rings is 1. The molecule has 2 aromatic heterocycles. The van der Waals surface area contributed by atoms with Crippen LogP contribution in [0.2, 0.25) is 0 Å². The zero-order chi connectivity index (χ0) is 28.8. The third-order valence-electron chi connectivity index (χ3n) is 6.93. The number of carbonyl (C=O) groups is 3. The minimum atomic E-state index is -1.20. The lowest BCUT2D eigenvalue weighted by atomic mass is 9.92. The van der Waals surface area contributed by atoms with E-state index in [1.165, 1.54) is 39.4 Å². The van der Waals surface area contributed by atoms with E-state index in [4.69, 9.17) is 9.47 Å². The van der Waals surface area contributed by atoms with Crippen LogP contribution in [0.15, 0.2) is 41.5 Å². The van der Waals surface area contributed by atoms with E-state index in [1.54, 1.807) is 6.20 Å². The smallest absolute Gasteiger partial charge is 0.361 e. The van der Waals surface area contributed by atoms with Crippen LogP contribution in [0.3, 0.4) is 0 Å². The fourth-order valence-corrected chi connectivity index (χ4v) is 5.04. The lowest BCUT2D eigenvalue weighted by Crippen LogP contribution is -2.44. The van der Waals surface area contributed by atoms with Gasteiger partial charge in [-0.1, -0.05) is 39.3 Å². The van der Waals surface area contributed by atoms with Gasteiger partial charge in [0.25, 0.3) is 0 Å². The fraction of sp³-hybridized carbons (Fsp3) is 0.483. The minimum Gasteiger partial charge on any atom is -0.486 e. The van der Waals surface area contributed by atoms with E-state index in [0.29, 0.717) is 43.2 Å². The number of rotatable bonds is 11. The Balaban J connectivity index is 1.63. The summed E-state index contributed by atoms with van der Waals surface area (Å²) in [5.41, 5.74) is -0.414. The summed E-state index contributed by atoms with van der Waals surface area (Å²) >= 11 is 0. The maximum atomic E-state index is 13.4. The Morgan fingerprint density at radius 2 is 1.85 bits per heavy atom. The molecule has 0 aliphatic carbocycles. The number of ether oxygens (including phenoxy) is 2. The maximum Gasteiger partial charge on any atom is 0.361 e. The van der Waals surface area contributed by atoms with Gasteiger partial charge >= 0.3 is 11.5 Å². The Labute approximate surface area is 231 Å². The zero-order valence-electron chi connectivity index (χ0n) is 23.0. The maximum absolute atomic E-state index is 13.4. The first-order chi connectivity index (χ1) is 19.2. The van der Waals surface area contributed by atoms with Crippen molar-refractivity contribution < 1.29 is 28.2 Å². The third kappa shape index (κ3) is 6.75. The molecular weight excluding hydrogens is 519 g/mol. The lowest BCUT2D eigenvalue weighted by molar-refractivity contribution is -0.134. The molecule has 3 atom stereocenters. The Bertz CT molecular complexity index is 1410. The van der Waals surface area contributed by atoms with E-state index >= 15 is 0 Å². The summed E-state index contributed by atoms with van der Waals surface area (Å²) in [7, 11) is 0. The van der Waals surface area contributed by atoms with Crippen LogP contribution in [0.4, 0.5) is 4.39 Å². The van der Waals surface area contributed by atoms with Gasteiger partial charge in [-0.2, -0.15) is 0 Å². The van der Waals surface area contributed by atoms with Crippen molar-refractivity contribution in [3.8, 4) is 5.75 Å². The number of carbonyl (C=O) groups excluding carboxylic acids is 3. The first kappa shape index (κ1) is 29.0. The largest absolute Gasteiger partial charge is 0.486 e. The van der Waals surface area contributed by atoms with E-state index < -0.39 is 23.4 Å². The molecule has 0 radical (unpaired) electrons. The van der Waals surface area contributed by atoms with Crippen LogP contribution in [-0.2, 0) is 27.3 Å². The molecule has 10 nitrogen and oxygen atoms in total. The molecule has 1 amide bonds. The molecule has 0 bridgehead atoms. The summed E-state index contributed by atoms with van der Waals surface area (Å²) in [6, 6.07) is 5.47. The van der Waals surface area contributed by atoms with Gasteiger partial charge in [-0.15, -0.1) is 0 Å². The number of nitrogens with zero attached hydrogens (tertiary/aromatic N) is 4. The van der Waals surface area contributed by atoms with Gasteiger partial charge in [-0.3, -0.25) is 14.4 Å². The second-order valence-electron chi connectivity index (χ2n) is 10.5. The molecule has 4 rings (SSSR count). The Morgan fingerprint density at radius 1 is 1.15 bits per heavy atom. The molecule has 1 saturated heterocycles. The Kier molecular flexibility index (Phi) is 9.34. The van der Waals surface area contributed by atoms with Gasteiger partial charge in [0, 0.05) is 31.9 Å². The Morgan fingerprint density at radius 3 is 2.50 bits per heavy atom. The normalized spacial score (nSPS) is 17.9. The van der Waals surface area contributed by atoms with Crippen molar-refractivity contribution in [2.75, 3.05) is 19.7 Å². The highest BCUT2D eigenvalue weighted by Gasteiger charge is 2.28. The van der Waals surface area contributed by atoms with Gasteiger partial charge in [-0.05, 0) is 42.4 Å². The van der Waals surface area contributed by atoms with Gasteiger partial charge in [0.05, 0.1) is 6.61 Å². The van der Waals surface area contributed by atoms with Crippen molar-refractivity contribution in [3.05, 3.63) is 64.1 Å². The molecule has 3 heterocycles. The van der Waals surface area contributed by atoms with Crippen molar-refractivity contribution >= 4 is 23.9 Å². The minimum absolute atomic E-state index is 0.0142. The molecule has 1 unspecified atom stereocenters. The number of imidazole rings is 1. The van der Waals surface area contributed by atoms with Gasteiger partial charge in [0.1, 0.15) is 12.4 Å². The van der Waals surface area contributed by atoms with E-state index in [0.717, 1.165) is 12.8 Å². The van der Waals surface area contributed by atoms with Gasteiger partial charge < -0.3 is 18.9 Å². The van der Waals surface area contributed by atoms with Crippen LogP contribution in [0.5, 0.6) is 5.75 Å². The van der Waals surface area contributed by atoms with E-state index in [9.17, 15) is 23.6 Å². The molecule has 1 aromatic carbocycles. The number of halogens is 1. The molecule has 11 heteroatoms. The number of amides is 1. The number of aldehydes is 1. The fourth-order valence-electron chi connectivity index (χ4n) is 5.04. The molecule has 1 fully saturated rings. The second-order valence-corrected chi connectivity index (χ2v) is 10.5. The number of unbranched alkanes of at least 4 members (excludes halogenated alkanes) is 1. The molecule has 214 valence electrons. The van der Waals surface area contributed by atoms with Crippen LogP contribution in [0, 0.1) is 17.7 Å². The number of esters is 1. The van der Waals surface area contributed by atoms with Crippen LogP contribution < -0.4 is 10.3 Å². The quantitative estimate of drug-likeness (QED) is 0.203. The summed E-state index contributed by atoms with van der Waals surface area (Å²) in [6.07, 6.45) is 4.82. The monoisotopic (exact) mass is 554 g/mol. The van der Waals surface area contributed by atoms with Crippen molar-refractivity contribution in [1.82, 2.24) is 18.9 Å². The summed E-state index contributed by atoms with van der Waals surface area (Å²) in [5.74, 6) is -0.986. The number of hydrogen-bond acceptors (Lipinski definition) is 7. The number of hydrogen-bond donors (Lipinski definition) is 0. The van der Waals surface area contributed by atoms with Gasteiger partial charge in [0.15, 0.2) is 18.1 Å². The van der Waals surface area contributed by atoms with Crippen LogP contribution in [0.25, 0.3) is 5.78 Å². The number of aromatic nitrogens is 3. The van der Waals surface area contributed by atoms with Crippen molar-refractivity contribution in [1.29, 1.82) is 0 Å². The van der Waals surface area contributed by atoms with Crippen LogP contribution in [-0.4, -0.2) is 62.8 Å². The summed E-state index contributed by atoms with van der Waals surface area (Å²) in [4.78, 5) is 57.7. The summed E-state index contributed by atoms with van der Waals surface area (Å²) in [5, 5.41) is 0.